The molecule has 0 bridgehead atoms. The molecule has 4 atom stereocenters. The van der Waals surface area contributed by atoms with Crippen molar-refractivity contribution in [2.24, 2.45) is 11.8 Å². The van der Waals surface area contributed by atoms with E-state index >= 15 is 0 Å². The van der Waals surface area contributed by atoms with Crippen LogP contribution >= 0.6 is 0 Å². The predicted molar refractivity (Wildman–Crippen MR) is 134 cm³/mol. The number of alkyl carbamates (subject to hydrolysis) is 1. The van der Waals surface area contributed by atoms with E-state index in [0.717, 1.165) is 0 Å². The number of aliphatic hydroxyl groups is 1. The first-order valence-corrected chi connectivity index (χ1v) is 13.7. The molecule has 1 unspecified atom stereocenters. The molecule has 12 nitrogen and oxygen atoms in total. The number of hydrogen-bond acceptors (Lipinski definition) is 8. The zero-order valence-electron chi connectivity index (χ0n) is 21.8. The summed E-state index contributed by atoms with van der Waals surface area (Å²) in [6, 6.07) is 2.59. The molecule has 0 aromatic heterocycles. The summed E-state index contributed by atoms with van der Waals surface area (Å²) in [7, 11) is -4.97. The third-order valence-electron chi connectivity index (χ3n) is 5.75. The maximum atomic E-state index is 13.1. The van der Waals surface area contributed by atoms with Crippen molar-refractivity contribution >= 4 is 28.0 Å². The van der Waals surface area contributed by atoms with E-state index in [1.54, 1.807) is 27.7 Å². The summed E-state index contributed by atoms with van der Waals surface area (Å²) in [4.78, 5) is 37.5. The summed E-state index contributed by atoms with van der Waals surface area (Å²) < 4.78 is 56.6. The minimum Gasteiger partial charge on any atom is -0.484 e. The molecular weight excluding hydrogens is 525 g/mol. The fourth-order valence-electron chi connectivity index (χ4n) is 3.89. The average Bonchev–Trinajstić information content (AvgIpc) is 3.21. The molecule has 1 aromatic rings. The highest BCUT2D eigenvalue weighted by molar-refractivity contribution is 7.86. The summed E-state index contributed by atoms with van der Waals surface area (Å²) >= 11 is 0. The van der Waals surface area contributed by atoms with Crippen molar-refractivity contribution in [2.45, 2.75) is 70.1 Å². The van der Waals surface area contributed by atoms with Crippen LogP contribution in [0.3, 0.4) is 0 Å². The van der Waals surface area contributed by atoms with Gasteiger partial charge in [0.15, 0.2) is 0 Å². The Morgan fingerprint density at radius 1 is 1.21 bits per heavy atom. The summed E-state index contributed by atoms with van der Waals surface area (Å²) in [5, 5.41) is 17.5. The quantitative estimate of drug-likeness (QED) is 0.222. The Bertz CT molecular complexity index is 1080. The first kappa shape index (κ1) is 31.2. The highest BCUT2D eigenvalue weighted by Gasteiger charge is 2.38. The SMILES string of the molecule is CC(C)C[C@H](NC(=O)OCC(C)(C)Oc1ccc(F)cc1)C(=O)N[C@@H](C[C@@H]1CCNC1=O)C(O)S(=O)(=O)O. The van der Waals surface area contributed by atoms with Crippen LogP contribution in [0, 0.1) is 17.7 Å². The first-order chi connectivity index (χ1) is 17.6. The van der Waals surface area contributed by atoms with Gasteiger partial charge in [-0.15, -0.1) is 0 Å². The molecule has 2 rings (SSSR count). The van der Waals surface area contributed by atoms with Crippen molar-refractivity contribution < 1.29 is 46.3 Å². The van der Waals surface area contributed by atoms with Crippen LogP contribution in [0.5, 0.6) is 5.75 Å². The van der Waals surface area contributed by atoms with Crippen molar-refractivity contribution in [1.82, 2.24) is 16.0 Å². The van der Waals surface area contributed by atoms with Crippen molar-refractivity contribution in [3.05, 3.63) is 30.1 Å². The second-order valence-corrected chi connectivity index (χ2v) is 11.8. The van der Waals surface area contributed by atoms with E-state index in [9.17, 15) is 36.9 Å². The van der Waals surface area contributed by atoms with Crippen LogP contribution in [0.15, 0.2) is 24.3 Å². The van der Waals surface area contributed by atoms with Gasteiger partial charge >= 0.3 is 6.09 Å². The Hall–Kier alpha value is -2.97. The number of aliphatic hydroxyl groups excluding tert-OH is 1. The zero-order valence-corrected chi connectivity index (χ0v) is 22.6. The van der Waals surface area contributed by atoms with Gasteiger partial charge in [0.05, 0.1) is 6.04 Å². The maximum Gasteiger partial charge on any atom is 0.407 e. The highest BCUT2D eigenvalue weighted by atomic mass is 32.2. The largest absolute Gasteiger partial charge is 0.484 e. The molecule has 38 heavy (non-hydrogen) atoms. The number of nitrogens with one attached hydrogen (secondary N) is 3. The van der Waals surface area contributed by atoms with E-state index in [2.05, 4.69) is 16.0 Å². The molecule has 0 spiro atoms. The summed E-state index contributed by atoms with van der Waals surface area (Å²) in [5.41, 5.74) is -3.38. The van der Waals surface area contributed by atoms with Gasteiger partial charge in [-0.25, -0.2) is 9.18 Å². The van der Waals surface area contributed by atoms with Crippen LogP contribution in [-0.2, 0) is 24.4 Å². The Labute approximate surface area is 221 Å². The molecule has 5 N–H and O–H groups in total. The fourth-order valence-corrected chi connectivity index (χ4v) is 4.49. The minimum atomic E-state index is -4.97. The van der Waals surface area contributed by atoms with Crippen molar-refractivity contribution in [2.75, 3.05) is 13.2 Å². The lowest BCUT2D eigenvalue weighted by molar-refractivity contribution is -0.126. The molecule has 1 aromatic carbocycles. The third kappa shape index (κ3) is 10.1. The number of amides is 3. The highest BCUT2D eigenvalue weighted by Crippen LogP contribution is 2.21. The van der Waals surface area contributed by atoms with Crippen LogP contribution in [-0.4, -0.2) is 72.3 Å². The standard InChI is InChI=1S/C24H36FN3O9S/c1-14(2)11-18(28-23(32)36-13-24(3,4)37-17-7-5-16(25)6-8-17)21(30)27-19(22(31)38(33,34)35)12-15-9-10-26-20(15)29/h5-8,14-15,18-19,22,31H,9-13H2,1-4H3,(H,26,29)(H,27,30)(H,28,32)(H,33,34,35)/t15-,18-,19-,22?/m0/s1. The molecule has 1 saturated heterocycles. The molecule has 0 radical (unpaired) electrons. The van der Waals surface area contributed by atoms with E-state index in [4.69, 9.17) is 9.47 Å². The molecular formula is C24H36FN3O9S. The number of rotatable bonds is 13. The number of carbonyl (C=O) groups is 3. The van der Waals surface area contributed by atoms with E-state index in [0.29, 0.717) is 18.7 Å². The number of halogens is 1. The van der Waals surface area contributed by atoms with Crippen LogP contribution in [0.1, 0.15) is 47.0 Å². The van der Waals surface area contributed by atoms with Gasteiger partial charge < -0.3 is 30.5 Å². The topological polar surface area (TPSA) is 180 Å². The molecule has 0 saturated carbocycles. The molecule has 0 aliphatic carbocycles. The second kappa shape index (κ2) is 13.2. The van der Waals surface area contributed by atoms with Gasteiger partial charge in [0.25, 0.3) is 10.1 Å². The van der Waals surface area contributed by atoms with E-state index in [1.807, 2.05) is 0 Å². The zero-order chi connectivity index (χ0) is 28.7. The lowest BCUT2D eigenvalue weighted by Gasteiger charge is -2.28. The third-order valence-corrected chi connectivity index (χ3v) is 6.69. The Morgan fingerprint density at radius 2 is 1.84 bits per heavy atom. The van der Waals surface area contributed by atoms with E-state index in [1.165, 1.54) is 24.3 Å². The van der Waals surface area contributed by atoms with Gasteiger partial charge in [-0.3, -0.25) is 14.1 Å². The lowest BCUT2D eigenvalue weighted by Crippen LogP contribution is -2.55. The predicted octanol–water partition coefficient (Wildman–Crippen LogP) is 1.34. The second-order valence-electron chi connectivity index (χ2n) is 10.3. The van der Waals surface area contributed by atoms with Gasteiger partial charge in [0.2, 0.25) is 17.3 Å². The number of carbonyl (C=O) groups excluding carboxylic acids is 3. The van der Waals surface area contributed by atoms with E-state index < -0.39 is 57.0 Å². The summed E-state index contributed by atoms with van der Waals surface area (Å²) in [6.07, 6.45) is -0.704. The Morgan fingerprint density at radius 3 is 2.37 bits per heavy atom. The Kier molecular flexibility index (Phi) is 10.9. The Balaban J connectivity index is 2.05. The van der Waals surface area contributed by atoms with Crippen LogP contribution in [0.25, 0.3) is 0 Å². The molecule has 1 fully saturated rings. The fraction of sp³-hybridized carbons (Fsp3) is 0.625. The molecule has 14 heteroatoms. The van der Waals surface area contributed by atoms with Crippen LogP contribution in [0.2, 0.25) is 0 Å². The normalized spacial score (nSPS) is 18.3. The summed E-state index contributed by atoms with van der Waals surface area (Å²) in [6.45, 7) is 7.00. The smallest absolute Gasteiger partial charge is 0.407 e. The van der Waals surface area contributed by atoms with Crippen molar-refractivity contribution in [1.29, 1.82) is 0 Å². The van der Waals surface area contributed by atoms with Gasteiger partial charge in [-0.2, -0.15) is 8.42 Å². The molecule has 1 aliphatic rings. The number of ether oxygens (including phenoxy) is 2. The van der Waals surface area contributed by atoms with Gasteiger partial charge in [-0.05, 0) is 63.3 Å². The minimum absolute atomic E-state index is 0.0881. The molecule has 214 valence electrons. The van der Waals surface area contributed by atoms with Gasteiger partial charge in [-0.1, -0.05) is 13.8 Å². The van der Waals surface area contributed by atoms with Crippen LogP contribution in [0.4, 0.5) is 9.18 Å². The van der Waals surface area contributed by atoms with Gasteiger partial charge in [0.1, 0.15) is 29.8 Å². The maximum absolute atomic E-state index is 13.1. The van der Waals surface area contributed by atoms with Crippen molar-refractivity contribution in [3.8, 4) is 5.75 Å². The summed E-state index contributed by atoms with van der Waals surface area (Å²) in [5.74, 6) is -2.03. The average molecular weight is 562 g/mol. The molecule has 3 amide bonds. The van der Waals surface area contributed by atoms with Crippen molar-refractivity contribution in [3.63, 3.8) is 0 Å². The van der Waals surface area contributed by atoms with Crippen LogP contribution < -0.4 is 20.7 Å². The molecule has 1 heterocycles. The first-order valence-electron chi connectivity index (χ1n) is 12.2. The monoisotopic (exact) mass is 561 g/mol. The number of hydrogen-bond donors (Lipinski definition) is 5. The number of benzene rings is 1. The lowest BCUT2D eigenvalue weighted by atomic mass is 9.97. The van der Waals surface area contributed by atoms with E-state index in [-0.39, 0.29) is 31.3 Å². The molecule has 1 aliphatic heterocycles. The van der Waals surface area contributed by atoms with Gasteiger partial charge in [0, 0.05) is 12.5 Å².